The van der Waals surface area contributed by atoms with Crippen molar-refractivity contribution in [2.75, 3.05) is 12.9 Å². The number of esters is 1. The van der Waals surface area contributed by atoms with Crippen LogP contribution in [0.4, 0.5) is 0 Å². The summed E-state index contributed by atoms with van der Waals surface area (Å²) >= 11 is 1.21. The number of hydrogen-bond donors (Lipinski definition) is 1. The number of aromatic amines is 1. The fourth-order valence-corrected chi connectivity index (χ4v) is 2.08. The molecule has 1 aromatic rings. The molecular formula is C8H11N3O3S. The Morgan fingerprint density at radius 3 is 3.07 bits per heavy atom. The average Bonchev–Trinajstić information content (AvgIpc) is 3.00. The maximum atomic E-state index is 11.4. The van der Waals surface area contributed by atoms with Crippen LogP contribution in [0.3, 0.4) is 0 Å². The maximum Gasteiger partial charge on any atom is 0.344 e. The van der Waals surface area contributed by atoms with Crippen LogP contribution in [0.25, 0.3) is 0 Å². The van der Waals surface area contributed by atoms with Gasteiger partial charge >= 0.3 is 11.7 Å². The highest BCUT2D eigenvalue weighted by Gasteiger charge is 2.28. The number of ether oxygens (including phenoxy) is 1. The lowest BCUT2D eigenvalue weighted by atomic mass is 10.7. The van der Waals surface area contributed by atoms with Crippen LogP contribution in [-0.2, 0) is 9.53 Å². The van der Waals surface area contributed by atoms with Gasteiger partial charge in [0.2, 0.25) is 0 Å². The van der Waals surface area contributed by atoms with Crippen LogP contribution in [0.5, 0.6) is 0 Å². The molecule has 0 unspecified atom stereocenters. The van der Waals surface area contributed by atoms with Gasteiger partial charge in [0.25, 0.3) is 0 Å². The minimum absolute atomic E-state index is 0.174. The second kappa shape index (κ2) is 4.09. The summed E-state index contributed by atoms with van der Waals surface area (Å²) in [7, 11) is 1.33. The first-order chi connectivity index (χ1) is 7.22. The predicted molar refractivity (Wildman–Crippen MR) is 53.9 cm³/mol. The fourth-order valence-electron chi connectivity index (χ4n) is 1.23. The molecule has 1 fully saturated rings. The van der Waals surface area contributed by atoms with Crippen molar-refractivity contribution in [2.45, 2.75) is 24.0 Å². The van der Waals surface area contributed by atoms with Crippen LogP contribution >= 0.6 is 11.8 Å². The molecule has 1 heterocycles. The molecule has 1 aliphatic carbocycles. The van der Waals surface area contributed by atoms with E-state index in [0.29, 0.717) is 5.16 Å². The van der Waals surface area contributed by atoms with Gasteiger partial charge in [-0.15, -0.1) is 5.10 Å². The van der Waals surface area contributed by atoms with E-state index >= 15 is 0 Å². The third-order valence-corrected chi connectivity index (χ3v) is 3.06. The standard InChI is InChI=1S/C8H11N3O3S/c1-14-6(12)4-15-8-10-9-7(13)11(8)5-2-3-5/h5H,2-4H2,1H3,(H,9,13). The van der Waals surface area contributed by atoms with Crippen molar-refractivity contribution in [3.8, 4) is 0 Å². The van der Waals surface area contributed by atoms with E-state index < -0.39 is 0 Å². The topological polar surface area (TPSA) is 77.0 Å². The van der Waals surface area contributed by atoms with Gasteiger partial charge in [-0.3, -0.25) is 9.36 Å². The Kier molecular flexibility index (Phi) is 2.81. The summed E-state index contributed by atoms with van der Waals surface area (Å²) in [4.78, 5) is 22.3. The molecule has 1 aliphatic rings. The molecule has 0 spiro atoms. The third-order valence-electron chi connectivity index (χ3n) is 2.13. The summed E-state index contributed by atoms with van der Waals surface area (Å²) in [5.41, 5.74) is -0.204. The van der Waals surface area contributed by atoms with E-state index in [1.54, 1.807) is 4.57 Å². The van der Waals surface area contributed by atoms with Gasteiger partial charge in [0.15, 0.2) is 5.16 Å². The number of aromatic nitrogens is 3. The molecule has 1 N–H and O–H groups in total. The summed E-state index contributed by atoms with van der Waals surface area (Å²) in [5.74, 6) is -0.147. The molecule has 0 amide bonds. The molecule has 2 rings (SSSR count). The van der Waals surface area contributed by atoms with Crippen LogP contribution in [0.1, 0.15) is 18.9 Å². The largest absolute Gasteiger partial charge is 0.468 e. The molecule has 1 aromatic heterocycles. The number of nitrogens with zero attached hydrogens (tertiary/aromatic N) is 2. The number of carbonyl (C=O) groups excluding carboxylic acids is 1. The van der Waals surface area contributed by atoms with Crippen LogP contribution in [0.2, 0.25) is 0 Å². The van der Waals surface area contributed by atoms with E-state index in [2.05, 4.69) is 14.9 Å². The Bertz CT molecular complexity index is 421. The Morgan fingerprint density at radius 2 is 2.47 bits per heavy atom. The molecule has 0 radical (unpaired) electrons. The second-order valence-corrected chi connectivity index (χ2v) is 4.22. The molecule has 7 heteroatoms. The Labute approximate surface area is 90.0 Å². The van der Waals surface area contributed by atoms with E-state index in [1.165, 1.54) is 18.9 Å². The van der Waals surface area contributed by atoms with E-state index in [4.69, 9.17) is 0 Å². The number of rotatable bonds is 4. The molecular weight excluding hydrogens is 218 g/mol. The van der Waals surface area contributed by atoms with E-state index in [9.17, 15) is 9.59 Å². The van der Waals surface area contributed by atoms with Crippen LogP contribution in [-0.4, -0.2) is 33.6 Å². The first-order valence-corrected chi connectivity index (χ1v) is 5.57. The van der Waals surface area contributed by atoms with Gasteiger partial charge in [0.05, 0.1) is 12.9 Å². The van der Waals surface area contributed by atoms with Crippen molar-refractivity contribution in [1.29, 1.82) is 0 Å². The quantitative estimate of drug-likeness (QED) is 0.588. The number of carbonyl (C=O) groups is 1. The number of thioether (sulfide) groups is 1. The molecule has 15 heavy (non-hydrogen) atoms. The zero-order chi connectivity index (χ0) is 10.8. The first-order valence-electron chi connectivity index (χ1n) is 4.59. The molecule has 0 bridgehead atoms. The average molecular weight is 229 g/mol. The van der Waals surface area contributed by atoms with Crippen molar-refractivity contribution < 1.29 is 9.53 Å². The van der Waals surface area contributed by atoms with E-state index in [0.717, 1.165) is 12.8 Å². The number of methoxy groups -OCH3 is 1. The lowest BCUT2D eigenvalue weighted by molar-refractivity contribution is -0.137. The molecule has 0 aliphatic heterocycles. The highest BCUT2D eigenvalue weighted by atomic mass is 32.2. The molecule has 1 saturated carbocycles. The molecule has 0 atom stereocenters. The first kappa shape index (κ1) is 10.3. The van der Waals surface area contributed by atoms with Crippen molar-refractivity contribution in [1.82, 2.24) is 14.8 Å². The van der Waals surface area contributed by atoms with Gasteiger partial charge in [0, 0.05) is 6.04 Å². The fraction of sp³-hybridized carbons (Fsp3) is 0.625. The SMILES string of the molecule is COC(=O)CSc1n[nH]c(=O)n1C1CC1. The van der Waals surface area contributed by atoms with Gasteiger partial charge in [-0.05, 0) is 12.8 Å². The number of nitrogens with one attached hydrogen (secondary N) is 1. The minimum atomic E-state index is -0.321. The Hall–Kier alpha value is -1.24. The minimum Gasteiger partial charge on any atom is -0.468 e. The van der Waals surface area contributed by atoms with E-state index in [1.807, 2.05) is 0 Å². The molecule has 0 aromatic carbocycles. The van der Waals surface area contributed by atoms with Gasteiger partial charge in [-0.1, -0.05) is 11.8 Å². The van der Waals surface area contributed by atoms with Gasteiger partial charge in [0.1, 0.15) is 0 Å². The lowest BCUT2D eigenvalue weighted by Gasteiger charge is -2.01. The molecule has 6 nitrogen and oxygen atoms in total. The van der Waals surface area contributed by atoms with Gasteiger partial charge < -0.3 is 4.74 Å². The highest BCUT2D eigenvalue weighted by Crippen LogP contribution is 2.35. The zero-order valence-electron chi connectivity index (χ0n) is 8.23. The maximum absolute atomic E-state index is 11.4. The second-order valence-electron chi connectivity index (χ2n) is 3.28. The van der Waals surface area contributed by atoms with Gasteiger partial charge in [-0.25, -0.2) is 9.89 Å². The lowest BCUT2D eigenvalue weighted by Crippen LogP contribution is -2.16. The Balaban J connectivity index is 2.07. The number of H-pyrrole nitrogens is 1. The summed E-state index contributed by atoms with van der Waals surface area (Å²) < 4.78 is 6.11. The smallest absolute Gasteiger partial charge is 0.344 e. The van der Waals surface area contributed by atoms with Gasteiger partial charge in [-0.2, -0.15) is 0 Å². The summed E-state index contributed by atoms with van der Waals surface area (Å²) in [6, 6.07) is 0.261. The van der Waals surface area contributed by atoms with Crippen LogP contribution in [0.15, 0.2) is 9.95 Å². The van der Waals surface area contributed by atoms with Crippen molar-refractivity contribution >= 4 is 17.7 Å². The predicted octanol–water partition coefficient (Wildman–Crippen LogP) is 0.171. The van der Waals surface area contributed by atoms with Crippen LogP contribution < -0.4 is 5.69 Å². The van der Waals surface area contributed by atoms with Crippen LogP contribution in [0, 0.1) is 0 Å². The monoisotopic (exact) mass is 229 g/mol. The normalized spacial score (nSPS) is 15.3. The molecule has 0 saturated heterocycles. The zero-order valence-corrected chi connectivity index (χ0v) is 9.04. The Morgan fingerprint density at radius 1 is 1.73 bits per heavy atom. The summed E-state index contributed by atoms with van der Waals surface area (Å²) in [5, 5.41) is 6.81. The van der Waals surface area contributed by atoms with Crippen molar-refractivity contribution in [3.05, 3.63) is 10.5 Å². The third kappa shape index (κ3) is 2.23. The van der Waals surface area contributed by atoms with E-state index in [-0.39, 0.29) is 23.5 Å². The summed E-state index contributed by atoms with van der Waals surface area (Å²) in [6.45, 7) is 0. The van der Waals surface area contributed by atoms with Crippen molar-refractivity contribution in [2.24, 2.45) is 0 Å². The molecule has 82 valence electrons. The highest BCUT2D eigenvalue weighted by molar-refractivity contribution is 7.99. The summed E-state index contributed by atoms with van der Waals surface area (Å²) in [6.07, 6.45) is 2.01. The number of hydrogen-bond acceptors (Lipinski definition) is 5. The van der Waals surface area contributed by atoms with Crippen molar-refractivity contribution in [3.63, 3.8) is 0 Å².